The number of nitrogens with one attached hydrogen (secondary N) is 2. The van der Waals surface area contributed by atoms with Gasteiger partial charge in [0.15, 0.2) is 11.6 Å². The van der Waals surface area contributed by atoms with Gasteiger partial charge in [0.05, 0.1) is 18.8 Å². The van der Waals surface area contributed by atoms with Crippen LogP contribution in [0.2, 0.25) is 0 Å². The second-order valence-electron chi connectivity index (χ2n) is 3.32. The molecule has 4 nitrogen and oxygen atoms in total. The summed E-state index contributed by atoms with van der Waals surface area (Å²) < 4.78 is 30.8. The second-order valence-corrected chi connectivity index (χ2v) is 3.32. The molecule has 17 heavy (non-hydrogen) atoms. The summed E-state index contributed by atoms with van der Waals surface area (Å²) in [5, 5.41) is 5.06. The van der Waals surface area contributed by atoms with Crippen molar-refractivity contribution >= 4 is 11.6 Å². The lowest BCUT2D eigenvalue weighted by Gasteiger charge is -2.07. The molecule has 2 N–H and O–H groups in total. The van der Waals surface area contributed by atoms with E-state index in [1.165, 1.54) is 12.1 Å². The topological polar surface area (TPSA) is 50.4 Å². The van der Waals surface area contributed by atoms with Crippen LogP contribution in [0.15, 0.2) is 18.2 Å². The molecule has 94 valence electrons. The fraction of sp³-hybridized carbons (Fsp3) is 0.364. The number of hydrogen-bond acceptors (Lipinski definition) is 3. The summed E-state index contributed by atoms with van der Waals surface area (Å²) in [6.07, 6.45) is 0. The Morgan fingerprint density at radius 3 is 2.88 bits per heavy atom. The molecular weight excluding hydrogens is 230 g/mol. The summed E-state index contributed by atoms with van der Waals surface area (Å²) in [5.41, 5.74) is -0.163. The highest BCUT2D eigenvalue weighted by Crippen LogP contribution is 2.15. The standard InChI is InChI=1S/C11H14F2N2O2/c1-17-6-5-14-7-10(16)15-9-4-2-3-8(12)11(9)13/h2-4,14H,5-7H2,1H3,(H,15,16). The molecule has 0 fully saturated rings. The zero-order valence-corrected chi connectivity index (χ0v) is 9.43. The van der Waals surface area contributed by atoms with Crippen molar-refractivity contribution in [1.29, 1.82) is 0 Å². The molecule has 0 saturated heterocycles. The van der Waals surface area contributed by atoms with Crippen LogP contribution in [0, 0.1) is 11.6 Å². The fourth-order valence-corrected chi connectivity index (χ4v) is 1.17. The number of benzene rings is 1. The van der Waals surface area contributed by atoms with Gasteiger partial charge in [-0.25, -0.2) is 8.78 Å². The van der Waals surface area contributed by atoms with E-state index in [1.807, 2.05) is 0 Å². The maximum absolute atomic E-state index is 13.2. The van der Waals surface area contributed by atoms with E-state index >= 15 is 0 Å². The Kier molecular flexibility index (Phi) is 5.51. The van der Waals surface area contributed by atoms with Gasteiger partial charge in [0.25, 0.3) is 0 Å². The van der Waals surface area contributed by atoms with Crippen LogP contribution in [0.5, 0.6) is 0 Å². The number of carbonyl (C=O) groups excluding carboxylic acids is 1. The number of ether oxygens (including phenoxy) is 1. The third-order valence-corrected chi connectivity index (χ3v) is 1.99. The van der Waals surface area contributed by atoms with Crippen molar-refractivity contribution in [3.8, 4) is 0 Å². The molecule has 0 aliphatic rings. The van der Waals surface area contributed by atoms with Crippen molar-refractivity contribution in [3.63, 3.8) is 0 Å². The number of halogens is 2. The van der Waals surface area contributed by atoms with Gasteiger partial charge >= 0.3 is 0 Å². The Balaban J connectivity index is 2.43. The number of rotatable bonds is 6. The number of anilines is 1. The lowest BCUT2D eigenvalue weighted by atomic mass is 10.3. The molecule has 0 radical (unpaired) electrons. The minimum Gasteiger partial charge on any atom is -0.383 e. The normalized spacial score (nSPS) is 10.3. The van der Waals surface area contributed by atoms with E-state index in [0.717, 1.165) is 6.07 Å². The summed E-state index contributed by atoms with van der Waals surface area (Å²) in [4.78, 5) is 11.3. The van der Waals surface area contributed by atoms with E-state index in [1.54, 1.807) is 7.11 Å². The van der Waals surface area contributed by atoms with Crippen LogP contribution < -0.4 is 10.6 Å². The predicted molar refractivity (Wildman–Crippen MR) is 59.7 cm³/mol. The van der Waals surface area contributed by atoms with Crippen LogP contribution >= 0.6 is 0 Å². The average Bonchev–Trinajstić information content (AvgIpc) is 2.31. The van der Waals surface area contributed by atoms with Gasteiger partial charge < -0.3 is 15.4 Å². The van der Waals surface area contributed by atoms with Crippen LogP contribution in [-0.4, -0.2) is 32.7 Å². The largest absolute Gasteiger partial charge is 0.383 e. The highest BCUT2D eigenvalue weighted by Gasteiger charge is 2.09. The van der Waals surface area contributed by atoms with Gasteiger partial charge in [0.1, 0.15) is 0 Å². The summed E-state index contributed by atoms with van der Waals surface area (Å²) in [6, 6.07) is 3.61. The minimum absolute atomic E-state index is 0.0132. The Morgan fingerprint density at radius 2 is 2.18 bits per heavy atom. The summed E-state index contributed by atoms with van der Waals surface area (Å²) in [6.45, 7) is 0.997. The van der Waals surface area contributed by atoms with Gasteiger partial charge in [0.2, 0.25) is 5.91 Å². The minimum atomic E-state index is -1.06. The first kappa shape index (κ1) is 13.5. The van der Waals surface area contributed by atoms with Crippen molar-refractivity contribution in [3.05, 3.63) is 29.8 Å². The first-order valence-electron chi connectivity index (χ1n) is 5.08. The van der Waals surface area contributed by atoms with Crippen molar-refractivity contribution in [2.75, 3.05) is 32.1 Å². The Bertz CT molecular complexity index is 386. The molecule has 1 aromatic rings. The molecule has 0 heterocycles. The average molecular weight is 244 g/mol. The van der Waals surface area contributed by atoms with E-state index in [0.29, 0.717) is 13.2 Å². The summed E-state index contributed by atoms with van der Waals surface area (Å²) in [5.74, 6) is -2.49. The molecule has 0 aliphatic carbocycles. The highest BCUT2D eigenvalue weighted by atomic mass is 19.2. The van der Waals surface area contributed by atoms with Gasteiger partial charge in [-0.1, -0.05) is 6.07 Å². The quantitative estimate of drug-likeness (QED) is 0.738. The van der Waals surface area contributed by atoms with E-state index in [-0.39, 0.29) is 12.2 Å². The van der Waals surface area contributed by atoms with E-state index in [9.17, 15) is 13.6 Å². The Morgan fingerprint density at radius 1 is 1.41 bits per heavy atom. The second kappa shape index (κ2) is 6.93. The van der Waals surface area contributed by atoms with Gasteiger partial charge in [-0.05, 0) is 12.1 Å². The van der Waals surface area contributed by atoms with Crippen LogP contribution in [0.4, 0.5) is 14.5 Å². The molecule has 0 saturated carbocycles. The maximum atomic E-state index is 13.2. The van der Waals surface area contributed by atoms with Crippen LogP contribution in [0.3, 0.4) is 0 Å². The van der Waals surface area contributed by atoms with Crippen LogP contribution in [-0.2, 0) is 9.53 Å². The lowest BCUT2D eigenvalue weighted by Crippen LogP contribution is -2.30. The van der Waals surface area contributed by atoms with E-state index in [4.69, 9.17) is 4.74 Å². The van der Waals surface area contributed by atoms with Gasteiger partial charge in [-0.15, -0.1) is 0 Å². The molecule has 1 rings (SSSR count). The Hall–Kier alpha value is -1.53. The number of hydrogen-bond donors (Lipinski definition) is 2. The third-order valence-electron chi connectivity index (χ3n) is 1.99. The molecule has 6 heteroatoms. The molecule has 0 spiro atoms. The molecular formula is C11H14F2N2O2. The molecule has 1 amide bonds. The lowest BCUT2D eigenvalue weighted by molar-refractivity contribution is -0.115. The molecule has 0 unspecified atom stereocenters. The molecule has 1 aromatic carbocycles. The van der Waals surface area contributed by atoms with Gasteiger partial charge in [-0.3, -0.25) is 4.79 Å². The van der Waals surface area contributed by atoms with Crippen LogP contribution in [0.1, 0.15) is 0 Å². The number of methoxy groups -OCH3 is 1. The first-order valence-corrected chi connectivity index (χ1v) is 5.08. The number of amides is 1. The summed E-state index contributed by atoms with van der Waals surface area (Å²) in [7, 11) is 1.55. The first-order chi connectivity index (χ1) is 8.15. The number of carbonyl (C=O) groups is 1. The zero-order valence-electron chi connectivity index (χ0n) is 9.43. The summed E-state index contributed by atoms with van der Waals surface area (Å²) >= 11 is 0. The van der Waals surface area contributed by atoms with Gasteiger partial charge in [-0.2, -0.15) is 0 Å². The smallest absolute Gasteiger partial charge is 0.238 e. The fourth-order valence-electron chi connectivity index (χ4n) is 1.17. The molecule has 0 atom stereocenters. The predicted octanol–water partition coefficient (Wildman–Crippen LogP) is 1.14. The maximum Gasteiger partial charge on any atom is 0.238 e. The van der Waals surface area contributed by atoms with Crippen molar-refractivity contribution in [2.45, 2.75) is 0 Å². The van der Waals surface area contributed by atoms with Crippen LogP contribution in [0.25, 0.3) is 0 Å². The van der Waals surface area contributed by atoms with Crippen molar-refractivity contribution < 1.29 is 18.3 Å². The Labute approximate surface area is 98.0 Å². The SMILES string of the molecule is COCCNCC(=O)Nc1cccc(F)c1F. The zero-order chi connectivity index (χ0) is 12.7. The monoisotopic (exact) mass is 244 g/mol. The molecule has 0 aromatic heterocycles. The van der Waals surface area contributed by atoms with Crippen molar-refractivity contribution in [1.82, 2.24) is 5.32 Å². The molecule has 0 bridgehead atoms. The highest BCUT2D eigenvalue weighted by molar-refractivity contribution is 5.92. The third kappa shape index (κ3) is 4.46. The van der Waals surface area contributed by atoms with E-state index in [2.05, 4.69) is 10.6 Å². The molecule has 0 aliphatic heterocycles. The van der Waals surface area contributed by atoms with Gasteiger partial charge in [0, 0.05) is 13.7 Å². The van der Waals surface area contributed by atoms with Crippen molar-refractivity contribution in [2.24, 2.45) is 0 Å². The van der Waals surface area contributed by atoms with E-state index < -0.39 is 17.5 Å².